The van der Waals surface area contributed by atoms with E-state index in [0.29, 0.717) is 6.42 Å². The number of benzene rings is 2. The first-order chi connectivity index (χ1) is 10.8. The van der Waals surface area contributed by atoms with Crippen LogP contribution >= 0.6 is 11.6 Å². The van der Waals surface area contributed by atoms with E-state index < -0.39 is 0 Å². The van der Waals surface area contributed by atoms with E-state index in [9.17, 15) is 4.79 Å². The van der Waals surface area contributed by atoms with Crippen LogP contribution in [0.1, 0.15) is 33.3 Å². The molecule has 0 radical (unpaired) electrons. The van der Waals surface area contributed by atoms with Crippen molar-refractivity contribution >= 4 is 17.9 Å². The van der Waals surface area contributed by atoms with Crippen LogP contribution in [-0.2, 0) is 11.2 Å². The monoisotopic (exact) mass is 321 g/mol. The van der Waals surface area contributed by atoms with Gasteiger partial charge in [-0.1, -0.05) is 75.7 Å². The van der Waals surface area contributed by atoms with Crippen LogP contribution in [0.3, 0.4) is 0 Å². The van der Waals surface area contributed by atoms with Gasteiger partial charge in [0.1, 0.15) is 6.29 Å². The molecule has 0 amide bonds. The summed E-state index contributed by atoms with van der Waals surface area (Å²) in [4.78, 5) is 10.4. The first-order valence-corrected chi connectivity index (χ1v) is 8.03. The molecule has 0 aromatic heterocycles. The van der Waals surface area contributed by atoms with Gasteiger partial charge in [-0.15, -0.1) is 0 Å². The van der Waals surface area contributed by atoms with Gasteiger partial charge in [0.25, 0.3) is 0 Å². The van der Waals surface area contributed by atoms with Gasteiger partial charge >= 0.3 is 0 Å². The number of carbonyl (C=O) groups is 1. The normalized spacial score (nSPS) is 8.14. The zero-order chi connectivity index (χ0) is 17.4. The van der Waals surface area contributed by atoms with Gasteiger partial charge in [-0.3, -0.25) is 0 Å². The lowest BCUT2D eigenvalue weighted by Gasteiger charge is -2.02. The third kappa shape index (κ3) is 8.60. The quantitative estimate of drug-likeness (QED) is 0.772. The van der Waals surface area contributed by atoms with Crippen molar-refractivity contribution < 1.29 is 4.79 Å². The summed E-state index contributed by atoms with van der Waals surface area (Å²) in [5.74, 6) is 0. The molecule has 2 nitrogen and oxygen atoms in total. The number of carbonyl (C=O) groups excluding carboxylic acids is 1. The molecule has 22 heavy (non-hydrogen) atoms. The van der Waals surface area contributed by atoms with E-state index >= 15 is 0 Å². The lowest BCUT2D eigenvalue weighted by molar-refractivity contribution is -0.107. The van der Waals surface area contributed by atoms with Crippen LogP contribution < -0.4 is 5.73 Å². The largest absolute Gasteiger partial charge is 0.333 e. The highest BCUT2D eigenvalue weighted by Crippen LogP contribution is 2.21. The van der Waals surface area contributed by atoms with Crippen molar-refractivity contribution in [3.8, 4) is 11.1 Å². The number of halogens is 1. The van der Waals surface area contributed by atoms with Gasteiger partial charge in [0.2, 0.25) is 0 Å². The van der Waals surface area contributed by atoms with E-state index in [0.717, 1.165) is 28.0 Å². The first kappa shape index (κ1) is 22.6. The molecule has 0 atom stereocenters. The Morgan fingerprint density at radius 3 is 1.55 bits per heavy atom. The van der Waals surface area contributed by atoms with E-state index in [1.54, 1.807) is 0 Å². The Labute approximate surface area is 140 Å². The molecule has 0 saturated carbocycles. The van der Waals surface area contributed by atoms with Crippen LogP contribution in [0, 0.1) is 0 Å². The molecule has 0 saturated heterocycles. The maximum atomic E-state index is 10.4. The predicted molar refractivity (Wildman–Crippen MR) is 99.5 cm³/mol. The number of aldehydes is 1. The van der Waals surface area contributed by atoms with Crippen LogP contribution in [-0.4, -0.2) is 13.3 Å². The molecule has 2 aromatic carbocycles. The number of rotatable bonds is 3. The van der Waals surface area contributed by atoms with Gasteiger partial charge in [-0.25, -0.2) is 0 Å². The summed E-state index contributed by atoms with van der Waals surface area (Å²) in [5, 5.41) is 0.737. The van der Waals surface area contributed by atoms with Gasteiger partial charge in [0.15, 0.2) is 0 Å². The van der Waals surface area contributed by atoms with Gasteiger partial charge in [0.05, 0.1) is 0 Å². The molecule has 0 heterocycles. The van der Waals surface area contributed by atoms with E-state index in [2.05, 4.69) is 5.73 Å². The highest BCUT2D eigenvalue weighted by molar-refractivity contribution is 6.30. The molecule has 2 aromatic rings. The zero-order valence-electron chi connectivity index (χ0n) is 14.3. The third-order valence-electron chi connectivity index (χ3n) is 2.45. The van der Waals surface area contributed by atoms with E-state index in [1.165, 1.54) is 7.05 Å². The van der Waals surface area contributed by atoms with Gasteiger partial charge < -0.3 is 10.5 Å². The Morgan fingerprint density at radius 2 is 1.18 bits per heavy atom. The van der Waals surface area contributed by atoms with Crippen molar-refractivity contribution in [2.45, 2.75) is 34.1 Å². The van der Waals surface area contributed by atoms with E-state index in [1.807, 2.05) is 76.2 Å². The van der Waals surface area contributed by atoms with Crippen molar-refractivity contribution in [1.29, 1.82) is 0 Å². The minimum atomic E-state index is 0.473. The lowest BCUT2D eigenvalue weighted by Crippen LogP contribution is -1.85. The maximum Gasteiger partial charge on any atom is 0.124 e. The summed E-state index contributed by atoms with van der Waals surface area (Å²) >= 11 is 5.83. The summed E-state index contributed by atoms with van der Waals surface area (Å²) in [7, 11) is 1.50. The standard InChI is InChI=1S/C14H11ClO.2C2H6.CH5N/c15-14-7-5-13(6-8-14)12-3-1-11(2-4-12)9-10-16;3*1-2/h1-8,10H,9H2;2*1-2H3;2H2,1H3. The Bertz CT molecular complexity index is 478. The van der Waals surface area contributed by atoms with Crippen molar-refractivity contribution in [3.63, 3.8) is 0 Å². The van der Waals surface area contributed by atoms with Gasteiger partial charge in [-0.2, -0.15) is 0 Å². The Balaban J connectivity index is 0. The molecule has 0 fully saturated rings. The third-order valence-corrected chi connectivity index (χ3v) is 2.70. The second-order valence-corrected chi connectivity index (χ2v) is 4.01. The SMILES string of the molecule is CC.CC.CN.O=CCc1ccc(-c2ccc(Cl)cc2)cc1. The van der Waals surface area contributed by atoms with Crippen LogP contribution in [0.15, 0.2) is 48.5 Å². The predicted octanol–water partition coefficient (Wildman–Crippen LogP) is 5.38. The summed E-state index contributed by atoms with van der Waals surface area (Å²) in [5.41, 5.74) is 7.79. The fraction of sp³-hybridized carbons (Fsp3) is 0.316. The second-order valence-electron chi connectivity index (χ2n) is 3.57. The van der Waals surface area contributed by atoms with E-state index in [4.69, 9.17) is 11.6 Å². The molecular weight excluding hydrogens is 294 g/mol. The van der Waals surface area contributed by atoms with Crippen LogP contribution in [0.5, 0.6) is 0 Å². The van der Waals surface area contributed by atoms with Crippen molar-refractivity contribution in [2.24, 2.45) is 5.73 Å². The minimum Gasteiger partial charge on any atom is -0.333 e. The molecule has 0 aliphatic heterocycles. The summed E-state index contributed by atoms with van der Waals surface area (Å²) in [6.07, 6.45) is 1.39. The summed E-state index contributed by atoms with van der Waals surface area (Å²) < 4.78 is 0. The highest BCUT2D eigenvalue weighted by Gasteiger charge is 1.97. The van der Waals surface area contributed by atoms with Gasteiger partial charge in [0, 0.05) is 11.4 Å². The minimum absolute atomic E-state index is 0.473. The fourth-order valence-corrected chi connectivity index (χ4v) is 1.70. The van der Waals surface area contributed by atoms with Crippen LogP contribution in [0.25, 0.3) is 11.1 Å². The highest BCUT2D eigenvalue weighted by atomic mass is 35.5. The summed E-state index contributed by atoms with van der Waals surface area (Å²) in [6, 6.07) is 15.7. The molecule has 0 bridgehead atoms. The molecule has 2 N–H and O–H groups in total. The first-order valence-electron chi connectivity index (χ1n) is 7.66. The lowest BCUT2D eigenvalue weighted by atomic mass is 10.0. The molecule has 0 aliphatic rings. The van der Waals surface area contributed by atoms with Crippen molar-refractivity contribution in [2.75, 3.05) is 7.05 Å². The molecule has 0 unspecified atom stereocenters. The molecule has 0 spiro atoms. The average Bonchev–Trinajstić information content (AvgIpc) is 2.62. The summed E-state index contributed by atoms with van der Waals surface area (Å²) in [6.45, 7) is 8.00. The molecule has 3 heteroatoms. The number of hydrogen-bond donors (Lipinski definition) is 1. The van der Waals surface area contributed by atoms with Gasteiger partial charge in [-0.05, 0) is 35.9 Å². The van der Waals surface area contributed by atoms with Crippen LogP contribution in [0.2, 0.25) is 5.02 Å². The molecule has 0 aliphatic carbocycles. The fourth-order valence-electron chi connectivity index (χ4n) is 1.57. The zero-order valence-corrected chi connectivity index (χ0v) is 15.0. The Morgan fingerprint density at radius 1 is 0.818 bits per heavy atom. The Kier molecular flexibility index (Phi) is 16.2. The molecule has 2 rings (SSSR count). The number of hydrogen-bond acceptors (Lipinski definition) is 2. The average molecular weight is 322 g/mol. The van der Waals surface area contributed by atoms with Crippen molar-refractivity contribution in [1.82, 2.24) is 0 Å². The Hall–Kier alpha value is -1.64. The maximum absolute atomic E-state index is 10.4. The molecular formula is C19H28ClNO. The smallest absolute Gasteiger partial charge is 0.124 e. The van der Waals surface area contributed by atoms with E-state index in [-0.39, 0.29) is 0 Å². The van der Waals surface area contributed by atoms with Crippen molar-refractivity contribution in [3.05, 3.63) is 59.1 Å². The molecule has 122 valence electrons. The second kappa shape index (κ2) is 15.7. The van der Waals surface area contributed by atoms with Crippen LogP contribution in [0.4, 0.5) is 0 Å². The number of nitrogens with two attached hydrogens (primary N) is 1. The topological polar surface area (TPSA) is 43.1 Å².